The second-order valence-electron chi connectivity index (χ2n) is 3.14. The Labute approximate surface area is 105 Å². The van der Waals surface area contributed by atoms with Crippen LogP contribution in [0.5, 0.6) is 0 Å². The molecule has 0 unspecified atom stereocenters. The van der Waals surface area contributed by atoms with Gasteiger partial charge in [0.25, 0.3) is 0 Å². The molecule has 17 heavy (non-hydrogen) atoms. The van der Waals surface area contributed by atoms with E-state index in [2.05, 4.69) is 36.6 Å². The first-order valence-corrected chi connectivity index (χ1v) is 5.50. The zero-order valence-electron chi connectivity index (χ0n) is 8.61. The number of hydrogen-bond donors (Lipinski definition) is 3. The second-order valence-corrected chi connectivity index (χ2v) is 3.99. The van der Waals surface area contributed by atoms with E-state index in [-0.39, 0.29) is 11.8 Å². The maximum absolute atomic E-state index is 13.5. The molecule has 0 bridgehead atoms. The van der Waals surface area contributed by atoms with Gasteiger partial charge in [0.1, 0.15) is 0 Å². The summed E-state index contributed by atoms with van der Waals surface area (Å²) < 4.78 is 14.3. The van der Waals surface area contributed by atoms with Crippen LogP contribution in [0.25, 0.3) is 0 Å². The smallest absolute Gasteiger partial charge is 0.239 e. The first-order valence-electron chi connectivity index (χ1n) is 4.71. The Hall–Kier alpha value is -1.73. The Morgan fingerprint density at radius 1 is 1.29 bits per heavy atom. The van der Waals surface area contributed by atoms with Gasteiger partial charge in [-0.05, 0) is 28.1 Å². The Morgan fingerprint density at radius 2 is 2.06 bits per heavy atom. The number of benzene rings is 1. The van der Waals surface area contributed by atoms with Gasteiger partial charge in [0.15, 0.2) is 11.6 Å². The summed E-state index contributed by atoms with van der Waals surface area (Å²) in [5.41, 5.74) is 2.96. The van der Waals surface area contributed by atoms with Crippen molar-refractivity contribution in [2.45, 2.75) is 0 Å². The van der Waals surface area contributed by atoms with Crippen molar-refractivity contribution in [1.29, 1.82) is 0 Å². The van der Waals surface area contributed by atoms with Crippen molar-refractivity contribution in [2.24, 2.45) is 5.84 Å². The quantitative estimate of drug-likeness (QED) is 0.599. The molecule has 4 N–H and O–H groups in total. The van der Waals surface area contributed by atoms with E-state index >= 15 is 0 Å². The molecule has 1 aromatic heterocycles. The molecule has 0 saturated carbocycles. The van der Waals surface area contributed by atoms with Crippen molar-refractivity contribution >= 4 is 33.4 Å². The first kappa shape index (κ1) is 11.7. The zero-order chi connectivity index (χ0) is 12.3. The van der Waals surface area contributed by atoms with Gasteiger partial charge in [0.05, 0.1) is 11.9 Å². The van der Waals surface area contributed by atoms with E-state index in [4.69, 9.17) is 5.84 Å². The van der Waals surface area contributed by atoms with Gasteiger partial charge in [-0.25, -0.2) is 15.2 Å². The number of para-hydroxylation sites is 1. The highest BCUT2D eigenvalue weighted by molar-refractivity contribution is 9.10. The lowest BCUT2D eigenvalue weighted by Crippen LogP contribution is -2.12. The van der Waals surface area contributed by atoms with Crippen molar-refractivity contribution in [3.63, 3.8) is 0 Å². The number of nitrogen functional groups attached to an aromatic ring is 1. The van der Waals surface area contributed by atoms with Gasteiger partial charge < -0.3 is 5.32 Å². The fraction of sp³-hybridized carbons (Fsp3) is 0. The number of aromatic nitrogens is 2. The summed E-state index contributed by atoms with van der Waals surface area (Å²) in [6, 6.07) is 7.32. The standard InChI is InChI=1S/C10H9BrFN5/c11-6-3-1-2-4-8(6)15-9-7(12)5-14-10(16-9)17-13/h1-5H,13H2,(H2,14,15,16,17). The summed E-state index contributed by atoms with van der Waals surface area (Å²) >= 11 is 3.35. The Kier molecular flexibility index (Phi) is 3.50. The molecule has 2 aromatic rings. The number of nitrogens with one attached hydrogen (secondary N) is 2. The molecule has 1 aromatic carbocycles. The Balaban J connectivity index is 2.32. The average molecular weight is 298 g/mol. The predicted octanol–water partition coefficient (Wildman–Crippen LogP) is 2.41. The SMILES string of the molecule is NNc1ncc(F)c(Nc2ccccc2Br)n1. The molecule has 5 nitrogen and oxygen atoms in total. The lowest BCUT2D eigenvalue weighted by molar-refractivity contribution is 0.619. The Bertz CT molecular complexity index is 534. The maximum Gasteiger partial charge on any atom is 0.239 e. The van der Waals surface area contributed by atoms with Crippen LogP contribution >= 0.6 is 15.9 Å². The van der Waals surface area contributed by atoms with Crippen molar-refractivity contribution in [3.8, 4) is 0 Å². The molecule has 0 radical (unpaired) electrons. The van der Waals surface area contributed by atoms with Gasteiger partial charge in [-0.15, -0.1) is 0 Å². The van der Waals surface area contributed by atoms with E-state index in [0.29, 0.717) is 5.69 Å². The number of rotatable bonds is 3. The van der Waals surface area contributed by atoms with Crippen molar-refractivity contribution < 1.29 is 4.39 Å². The molecular formula is C10H9BrFN5. The van der Waals surface area contributed by atoms with E-state index in [1.807, 2.05) is 18.2 Å². The molecule has 0 aliphatic rings. The molecule has 7 heteroatoms. The summed E-state index contributed by atoms with van der Waals surface area (Å²) in [6.07, 6.45) is 1.04. The van der Waals surface area contributed by atoms with Crippen LogP contribution in [0.1, 0.15) is 0 Å². The number of hydrazine groups is 1. The monoisotopic (exact) mass is 297 g/mol. The van der Waals surface area contributed by atoms with Gasteiger partial charge in [-0.2, -0.15) is 4.98 Å². The van der Waals surface area contributed by atoms with Gasteiger partial charge in [0.2, 0.25) is 5.95 Å². The fourth-order valence-corrected chi connectivity index (χ4v) is 1.60. The highest BCUT2D eigenvalue weighted by Crippen LogP contribution is 2.25. The second kappa shape index (κ2) is 5.07. The third-order valence-electron chi connectivity index (χ3n) is 2.00. The van der Waals surface area contributed by atoms with E-state index < -0.39 is 5.82 Å². The lowest BCUT2D eigenvalue weighted by Gasteiger charge is -2.09. The van der Waals surface area contributed by atoms with Gasteiger partial charge >= 0.3 is 0 Å². The molecule has 0 atom stereocenters. The van der Waals surface area contributed by atoms with E-state index in [9.17, 15) is 4.39 Å². The van der Waals surface area contributed by atoms with Crippen LogP contribution in [0.3, 0.4) is 0 Å². The molecule has 2 rings (SSSR count). The first-order chi connectivity index (χ1) is 8.20. The third-order valence-corrected chi connectivity index (χ3v) is 2.69. The molecule has 0 fully saturated rings. The fourth-order valence-electron chi connectivity index (χ4n) is 1.21. The van der Waals surface area contributed by atoms with Crippen molar-refractivity contribution in [3.05, 3.63) is 40.8 Å². The number of anilines is 3. The Morgan fingerprint density at radius 3 is 2.76 bits per heavy atom. The molecule has 88 valence electrons. The summed E-state index contributed by atoms with van der Waals surface area (Å²) in [5.74, 6) is 4.80. The average Bonchev–Trinajstić information content (AvgIpc) is 2.35. The van der Waals surface area contributed by atoms with Gasteiger partial charge in [0, 0.05) is 4.47 Å². The summed E-state index contributed by atoms with van der Waals surface area (Å²) in [6.45, 7) is 0. The van der Waals surface area contributed by atoms with E-state index in [1.165, 1.54) is 0 Å². The normalized spacial score (nSPS) is 10.1. The zero-order valence-corrected chi connectivity index (χ0v) is 10.2. The minimum Gasteiger partial charge on any atom is -0.337 e. The number of hydrogen-bond acceptors (Lipinski definition) is 5. The topological polar surface area (TPSA) is 75.9 Å². The summed E-state index contributed by atoms with van der Waals surface area (Å²) in [7, 11) is 0. The molecule has 0 amide bonds. The molecule has 1 heterocycles. The highest BCUT2D eigenvalue weighted by Gasteiger charge is 2.08. The predicted molar refractivity (Wildman–Crippen MR) is 67.2 cm³/mol. The number of halogens is 2. The summed E-state index contributed by atoms with van der Waals surface area (Å²) in [5, 5.41) is 2.85. The van der Waals surface area contributed by atoms with Crippen LogP contribution in [-0.2, 0) is 0 Å². The minimum absolute atomic E-state index is 0.0554. The van der Waals surface area contributed by atoms with Crippen molar-refractivity contribution in [1.82, 2.24) is 9.97 Å². The molecule has 0 aliphatic heterocycles. The van der Waals surface area contributed by atoms with Crippen LogP contribution in [0.2, 0.25) is 0 Å². The highest BCUT2D eigenvalue weighted by atomic mass is 79.9. The van der Waals surface area contributed by atoms with Gasteiger partial charge in [-0.1, -0.05) is 12.1 Å². The van der Waals surface area contributed by atoms with Crippen LogP contribution in [0.15, 0.2) is 34.9 Å². The van der Waals surface area contributed by atoms with Crippen LogP contribution in [0.4, 0.5) is 21.8 Å². The largest absolute Gasteiger partial charge is 0.337 e. The minimum atomic E-state index is -0.556. The molecule has 0 spiro atoms. The number of nitrogens with zero attached hydrogens (tertiary/aromatic N) is 2. The van der Waals surface area contributed by atoms with Crippen molar-refractivity contribution in [2.75, 3.05) is 10.7 Å². The lowest BCUT2D eigenvalue weighted by atomic mass is 10.3. The summed E-state index contributed by atoms with van der Waals surface area (Å²) in [4.78, 5) is 7.52. The molecule has 0 aliphatic carbocycles. The van der Waals surface area contributed by atoms with E-state index in [0.717, 1.165) is 10.7 Å². The van der Waals surface area contributed by atoms with Gasteiger partial charge in [-0.3, -0.25) is 5.43 Å². The number of nitrogens with two attached hydrogens (primary N) is 1. The third kappa shape index (κ3) is 2.69. The van der Waals surface area contributed by atoms with Crippen LogP contribution in [-0.4, -0.2) is 9.97 Å². The van der Waals surface area contributed by atoms with Crippen LogP contribution in [0, 0.1) is 5.82 Å². The molecular weight excluding hydrogens is 289 g/mol. The van der Waals surface area contributed by atoms with Crippen LogP contribution < -0.4 is 16.6 Å². The van der Waals surface area contributed by atoms with E-state index in [1.54, 1.807) is 6.07 Å². The molecule has 0 saturated heterocycles. The maximum atomic E-state index is 13.5.